The Kier molecular flexibility index (Phi) is 12.9. The number of nitrogens with zero attached hydrogens (tertiary/aromatic N) is 9. The van der Waals surface area contributed by atoms with Gasteiger partial charge in [-0.25, -0.2) is 39.9 Å². The number of aromatic nitrogens is 9. The van der Waals surface area contributed by atoms with Crippen molar-refractivity contribution in [3.8, 4) is 85.1 Å². The third-order valence-corrected chi connectivity index (χ3v) is 14.7. The molecule has 1 aliphatic carbocycles. The van der Waals surface area contributed by atoms with Crippen molar-refractivity contribution in [1.29, 1.82) is 0 Å². The maximum atomic E-state index is 5.66. The Bertz CT molecular complexity index is 4640. The van der Waals surface area contributed by atoms with Crippen molar-refractivity contribution in [2.45, 2.75) is 6.42 Å². The first kappa shape index (κ1) is 48.8. The van der Waals surface area contributed by atoms with Gasteiger partial charge in [-0.2, -0.15) is 0 Å². The van der Waals surface area contributed by atoms with E-state index in [4.69, 9.17) is 33.8 Å². The van der Waals surface area contributed by atoms with Crippen LogP contribution in [-0.2, 0) is 6.42 Å². The summed E-state index contributed by atoms with van der Waals surface area (Å²) in [7, 11) is 0. The largest absolute Gasteiger partial charge is 0.443 e. The van der Waals surface area contributed by atoms with Crippen LogP contribution in [0.2, 0.25) is 0 Å². The van der Waals surface area contributed by atoms with Gasteiger partial charge >= 0.3 is 0 Å². The number of rotatable bonds is 7. The Morgan fingerprint density at radius 1 is 0.333 bits per heavy atom. The lowest BCUT2D eigenvalue weighted by Crippen LogP contribution is -2.01. The number of fused-ring (bicyclic) bond motifs is 8. The molecule has 0 fully saturated rings. The zero-order valence-electron chi connectivity index (χ0n) is 43.2. The van der Waals surface area contributed by atoms with Crippen molar-refractivity contribution in [1.82, 2.24) is 44.4 Å². The monoisotopic (exact) mass is 1110 g/mol. The van der Waals surface area contributed by atoms with E-state index in [0.717, 1.165) is 94.0 Å². The van der Waals surface area contributed by atoms with Crippen LogP contribution >= 0.6 is 15.9 Å². The molecular weight excluding hydrogens is 1070 g/mol. The number of hydrogen-bond acceptors (Lipinski definition) is 10. The highest BCUT2D eigenvalue weighted by Crippen LogP contribution is 2.39. The minimum atomic E-state index is 0.618. The van der Waals surface area contributed by atoms with E-state index in [0.29, 0.717) is 34.9 Å². The summed E-state index contributed by atoms with van der Waals surface area (Å²) in [6.45, 7) is 0. The van der Waals surface area contributed by atoms with Crippen LogP contribution in [0.3, 0.4) is 0 Å². The van der Waals surface area contributed by atoms with Gasteiger partial charge in [-0.1, -0.05) is 204 Å². The Hall–Kier alpha value is -10.6. The van der Waals surface area contributed by atoms with E-state index in [1.807, 2.05) is 158 Å². The van der Waals surface area contributed by atoms with Gasteiger partial charge in [0.2, 0.25) is 0 Å². The van der Waals surface area contributed by atoms with Crippen LogP contribution < -0.4 is 0 Å². The molecule has 0 spiro atoms. The van der Waals surface area contributed by atoms with Crippen LogP contribution in [0.25, 0.3) is 129 Å². The molecule has 0 amide bonds. The van der Waals surface area contributed by atoms with E-state index in [1.165, 1.54) is 35.0 Å². The Morgan fingerprint density at radius 2 is 0.790 bits per heavy atom. The molecule has 12 heteroatoms. The van der Waals surface area contributed by atoms with E-state index < -0.39 is 0 Å². The maximum absolute atomic E-state index is 5.66. The van der Waals surface area contributed by atoms with E-state index in [9.17, 15) is 0 Å². The first-order chi connectivity index (χ1) is 40.0. The van der Waals surface area contributed by atoms with Gasteiger partial charge in [-0.05, 0) is 77.2 Å². The Morgan fingerprint density at radius 3 is 1.36 bits per heavy atom. The molecule has 0 unspecified atom stereocenters. The van der Waals surface area contributed by atoms with E-state index in [1.54, 1.807) is 0 Å². The summed E-state index contributed by atoms with van der Waals surface area (Å²) in [5, 5.41) is 2.28. The summed E-state index contributed by atoms with van der Waals surface area (Å²) in [5.74, 6) is 3.90. The second kappa shape index (κ2) is 21.3. The van der Waals surface area contributed by atoms with Crippen molar-refractivity contribution in [3.63, 3.8) is 0 Å². The van der Waals surface area contributed by atoms with E-state index in [2.05, 4.69) is 120 Å². The first-order valence-electron chi connectivity index (χ1n) is 26.3. The summed E-state index contributed by atoms with van der Waals surface area (Å²) < 4.78 is 14.2. The van der Waals surface area contributed by atoms with Crippen molar-refractivity contribution in [2.75, 3.05) is 0 Å². The predicted octanol–water partition coefficient (Wildman–Crippen LogP) is 17.1. The number of halogens is 1. The summed E-state index contributed by atoms with van der Waals surface area (Å²) >= 11 is 3.52. The molecule has 0 aliphatic heterocycles. The average Bonchev–Trinajstić information content (AvgIpc) is 4.07. The quantitative estimate of drug-likeness (QED) is 0.152. The van der Waals surface area contributed by atoms with Crippen molar-refractivity contribution in [2.24, 2.45) is 0 Å². The average molecular weight is 1110 g/mol. The van der Waals surface area contributed by atoms with Gasteiger partial charge < -0.3 is 13.4 Å². The topological polar surface area (TPSA) is 134 Å². The molecule has 0 N–H and O–H groups in total. The molecular formula is C69H44BrN9O2. The highest BCUT2D eigenvalue weighted by Gasteiger charge is 2.21. The molecule has 0 radical (unpaired) electrons. The lowest BCUT2D eigenvalue weighted by Gasteiger charge is -2.11. The molecule has 5 aromatic heterocycles. The predicted molar refractivity (Wildman–Crippen MR) is 324 cm³/mol. The summed E-state index contributed by atoms with van der Waals surface area (Å²) in [5.41, 5.74) is 17.6. The molecule has 384 valence electrons. The summed E-state index contributed by atoms with van der Waals surface area (Å²) in [6, 6.07) is 81.7. The maximum Gasteiger partial charge on any atom is 0.181 e. The second-order valence-electron chi connectivity index (χ2n) is 19.3. The Balaban J connectivity index is 0.000000121. The molecule has 0 bridgehead atoms. The minimum Gasteiger partial charge on any atom is -0.443 e. The zero-order chi connectivity index (χ0) is 54.1. The molecule has 0 saturated heterocycles. The molecule has 5 heterocycles. The molecule has 10 aromatic carbocycles. The first-order valence-corrected chi connectivity index (χ1v) is 27.1. The van der Waals surface area contributed by atoms with Gasteiger partial charge in [-0.15, -0.1) is 0 Å². The van der Waals surface area contributed by atoms with Crippen LogP contribution in [0.15, 0.2) is 269 Å². The van der Waals surface area contributed by atoms with Gasteiger partial charge in [0.15, 0.2) is 58.9 Å². The lowest BCUT2D eigenvalue weighted by molar-refractivity contribution is 0.601. The second-order valence-corrected chi connectivity index (χ2v) is 20.3. The zero-order valence-corrected chi connectivity index (χ0v) is 44.8. The normalized spacial score (nSPS) is 11.5. The van der Waals surface area contributed by atoms with Gasteiger partial charge in [0.25, 0.3) is 0 Å². The minimum absolute atomic E-state index is 0.618. The third-order valence-electron chi connectivity index (χ3n) is 14.2. The fraction of sp³-hybridized carbons (Fsp3) is 0.0145. The number of hydrogen-bond donors (Lipinski definition) is 0. The van der Waals surface area contributed by atoms with Crippen molar-refractivity contribution >= 4 is 59.9 Å². The fourth-order valence-electron chi connectivity index (χ4n) is 10.4. The van der Waals surface area contributed by atoms with Crippen molar-refractivity contribution in [3.05, 3.63) is 271 Å². The number of benzene rings is 10. The van der Waals surface area contributed by atoms with Crippen molar-refractivity contribution < 1.29 is 8.83 Å². The van der Waals surface area contributed by atoms with Crippen LogP contribution in [-0.4, -0.2) is 44.4 Å². The summed E-state index contributed by atoms with van der Waals surface area (Å²) in [6.07, 6.45) is 4.00. The van der Waals surface area contributed by atoms with E-state index >= 15 is 0 Å². The van der Waals surface area contributed by atoms with Gasteiger partial charge in [0.05, 0.1) is 11.0 Å². The molecule has 11 nitrogen and oxygen atoms in total. The fourth-order valence-corrected chi connectivity index (χ4v) is 10.8. The number of para-hydroxylation sites is 1. The van der Waals surface area contributed by atoms with E-state index in [-0.39, 0.29) is 0 Å². The van der Waals surface area contributed by atoms with Crippen LogP contribution in [0, 0.1) is 0 Å². The standard InChI is InChI=1S/C34H21N5O.C21H14BrN3.C14H9NO/c1-3-10-22(11-4-1)32-36-33(23-12-5-2-6-13-23)38-34(37-32)24-14-9-15-25(18-24)39-29-17-8-7-16-26(29)27-19-28-31(20-30(27)39)40-21-35-28;22-18-13-7-12-17(14-18)21-24-19(15-8-3-1-4-9-15)23-20(25-21)16-10-5-2-6-11-16;1-2-4-11-9(3-1)5-10-6-14-13(7-12(10)11)15-8-16-14/h1-21H;1-14H;1-4,6-8H,5H2. The van der Waals surface area contributed by atoms with Gasteiger partial charge in [-0.3, -0.25) is 0 Å². The molecule has 0 atom stereocenters. The molecule has 81 heavy (non-hydrogen) atoms. The molecule has 16 rings (SSSR count). The SMILES string of the molecule is Brc1cccc(-c2nc(-c3ccccc3)nc(-c3ccccc3)n2)c1.c1ccc(-c2nc(-c3ccccc3)nc(-c3cccc(-n4c5ccccc5c5cc6ncoc6cc54)c3)n2)cc1.c1ccc2c(c1)Cc1cc3ocnc3cc1-2. The highest BCUT2D eigenvalue weighted by molar-refractivity contribution is 9.10. The molecule has 15 aromatic rings. The lowest BCUT2D eigenvalue weighted by atomic mass is 10.1. The highest BCUT2D eigenvalue weighted by atomic mass is 79.9. The van der Waals surface area contributed by atoms with Gasteiger partial charge in [0.1, 0.15) is 11.0 Å². The smallest absolute Gasteiger partial charge is 0.181 e. The number of oxazole rings is 2. The van der Waals surface area contributed by atoms with Crippen LogP contribution in [0.4, 0.5) is 0 Å². The molecule has 1 aliphatic rings. The molecule has 0 saturated carbocycles. The third kappa shape index (κ3) is 9.81. The Labute approximate surface area is 473 Å². The van der Waals surface area contributed by atoms with Crippen LogP contribution in [0.5, 0.6) is 0 Å². The van der Waals surface area contributed by atoms with Crippen LogP contribution in [0.1, 0.15) is 11.1 Å². The summed E-state index contributed by atoms with van der Waals surface area (Å²) in [4.78, 5) is 37.3. The van der Waals surface area contributed by atoms with Gasteiger partial charge in [0, 0.05) is 60.4 Å².